The normalized spacial score (nSPS) is 28.2. The van der Waals surface area contributed by atoms with Crippen LogP contribution in [0.1, 0.15) is 27.2 Å². The summed E-state index contributed by atoms with van der Waals surface area (Å²) in [6.45, 7) is 6.08. The van der Waals surface area contributed by atoms with Crippen LogP contribution in [0.25, 0.3) is 0 Å². The van der Waals surface area contributed by atoms with Crippen LogP contribution in [0.15, 0.2) is 0 Å². The van der Waals surface area contributed by atoms with Crippen molar-refractivity contribution in [2.24, 2.45) is 17.8 Å². The quantitative estimate of drug-likeness (QED) is 0.803. The van der Waals surface area contributed by atoms with Gasteiger partial charge in [-0.1, -0.05) is 27.2 Å². The van der Waals surface area contributed by atoms with Crippen LogP contribution in [0.2, 0.25) is 0 Å². The molecule has 1 aliphatic heterocycles. The molecule has 0 aromatic heterocycles. The third kappa shape index (κ3) is 3.42. The van der Waals surface area contributed by atoms with Gasteiger partial charge in [-0.3, -0.25) is 4.79 Å². The Bertz CT molecular complexity index is 379. The number of carbonyl (C=O) groups is 1. The fraction of sp³-hybridized carbons (Fsp3) is 0.909. The third-order valence-corrected chi connectivity index (χ3v) is 5.56. The zero-order valence-corrected chi connectivity index (χ0v) is 11.4. The van der Waals surface area contributed by atoms with Crippen LogP contribution in [-0.4, -0.2) is 42.6 Å². The Morgan fingerprint density at radius 2 is 2.06 bits per heavy atom. The highest BCUT2D eigenvalue weighted by Crippen LogP contribution is 2.26. The Balaban J connectivity index is 2.73. The number of hydrogen-bond donors (Lipinski definition) is 1. The van der Waals surface area contributed by atoms with Crippen molar-refractivity contribution >= 4 is 16.0 Å². The number of carboxylic acid groups (broad SMARTS) is 1. The summed E-state index contributed by atoms with van der Waals surface area (Å²) in [6.07, 6.45) is 0.810. The molecule has 1 rings (SSSR count). The molecule has 1 N–H and O–H groups in total. The molecule has 6 heteroatoms. The molecular formula is C11H21NO4S. The summed E-state index contributed by atoms with van der Waals surface area (Å²) in [6, 6.07) is 0. The number of aliphatic carboxylic acids is 1. The molecule has 0 radical (unpaired) electrons. The SMILES string of the molecule is CCC(C)CS(=O)(=O)N1C[C@@H](C)[C@H](C(=O)O)C1. The van der Waals surface area contributed by atoms with Crippen molar-refractivity contribution in [3.63, 3.8) is 0 Å². The van der Waals surface area contributed by atoms with Crippen molar-refractivity contribution < 1.29 is 18.3 Å². The van der Waals surface area contributed by atoms with E-state index >= 15 is 0 Å². The number of sulfonamides is 1. The molecule has 1 heterocycles. The minimum absolute atomic E-state index is 0.110. The summed E-state index contributed by atoms with van der Waals surface area (Å²) >= 11 is 0. The van der Waals surface area contributed by atoms with E-state index in [4.69, 9.17) is 5.11 Å². The van der Waals surface area contributed by atoms with Crippen molar-refractivity contribution in [3.05, 3.63) is 0 Å². The maximum absolute atomic E-state index is 12.0. The number of carboxylic acids is 1. The minimum atomic E-state index is -3.30. The molecular weight excluding hydrogens is 242 g/mol. The van der Waals surface area contributed by atoms with Gasteiger partial charge >= 0.3 is 5.97 Å². The van der Waals surface area contributed by atoms with E-state index in [1.54, 1.807) is 6.92 Å². The molecule has 5 nitrogen and oxygen atoms in total. The molecule has 3 atom stereocenters. The largest absolute Gasteiger partial charge is 0.481 e. The number of nitrogens with zero attached hydrogens (tertiary/aromatic N) is 1. The molecule has 17 heavy (non-hydrogen) atoms. The van der Waals surface area contributed by atoms with Crippen LogP contribution in [0.5, 0.6) is 0 Å². The Morgan fingerprint density at radius 3 is 2.47 bits per heavy atom. The lowest BCUT2D eigenvalue weighted by Crippen LogP contribution is -2.33. The summed E-state index contributed by atoms with van der Waals surface area (Å²) in [5, 5.41) is 8.97. The van der Waals surface area contributed by atoms with Gasteiger partial charge in [0.1, 0.15) is 0 Å². The number of hydrogen-bond acceptors (Lipinski definition) is 3. The summed E-state index contributed by atoms with van der Waals surface area (Å²) in [7, 11) is -3.30. The molecule has 0 aliphatic carbocycles. The van der Waals surface area contributed by atoms with Crippen LogP contribution >= 0.6 is 0 Å². The van der Waals surface area contributed by atoms with Crippen LogP contribution < -0.4 is 0 Å². The Hall–Kier alpha value is -0.620. The second-order valence-corrected chi connectivity index (χ2v) is 7.04. The molecule has 0 bridgehead atoms. The van der Waals surface area contributed by atoms with Crippen LogP contribution in [0.3, 0.4) is 0 Å². The van der Waals surface area contributed by atoms with Gasteiger partial charge in [0, 0.05) is 13.1 Å². The second-order valence-electron chi connectivity index (χ2n) is 5.03. The topological polar surface area (TPSA) is 74.7 Å². The van der Waals surface area contributed by atoms with Crippen molar-refractivity contribution in [2.75, 3.05) is 18.8 Å². The second kappa shape index (κ2) is 5.35. The first kappa shape index (κ1) is 14.4. The fourth-order valence-electron chi connectivity index (χ4n) is 2.05. The molecule has 0 saturated carbocycles. The number of rotatable bonds is 5. The summed E-state index contributed by atoms with van der Waals surface area (Å²) in [5.74, 6) is -1.36. The molecule has 1 aliphatic rings. The highest BCUT2D eigenvalue weighted by molar-refractivity contribution is 7.89. The van der Waals surface area contributed by atoms with E-state index in [0.29, 0.717) is 6.54 Å². The highest BCUT2D eigenvalue weighted by atomic mass is 32.2. The minimum Gasteiger partial charge on any atom is -0.481 e. The van der Waals surface area contributed by atoms with Gasteiger partial charge in [-0.25, -0.2) is 12.7 Å². The molecule has 1 fully saturated rings. The van der Waals surface area contributed by atoms with E-state index in [0.717, 1.165) is 6.42 Å². The smallest absolute Gasteiger partial charge is 0.308 e. The highest BCUT2D eigenvalue weighted by Gasteiger charge is 2.40. The van der Waals surface area contributed by atoms with E-state index in [9.17, 15) is 13.2 Å². The molecule has 0 aromatic rings. The van der Waals surface area contributed by atoms with Crippen LogP contribution in [0, 0.1) is 17.8 Å². The Labute approximate surface area is 103 Å². The molecule has 1 unspecified atom stereocenters. The average molecular weight is 263 g/mol. The molecule has 100 valence electrons. The molecule has 0 spiro atoms. The van der Waals surface area contributed by atoms with Gasteiger partial charge < -0.3 is 5.11 Å². The zero-order valence-electron chi connectivity index (χ0n) is 10.6. The standard InChI is InChI=1S/C11H21NO4S/c1-4-8(2)7-17(15,16)12-5-9(3)10(6-12)11(13)14/h8-10H,4-7H2,1-3H3,(H,13,14)/t8?,9-,10-/m1/s1. The van der Waals surface area contributed by atoms with Crippen LogP contribution in [-0.2, 0) is 14.8 Å². The Kier molecular flexibility index (Phi) is 4.55. The first-order valence-electron chi connectivity index (χ1n) is 5.98. The van der Waals surface area contributed by atoms with Gasteiger partial charge in [0.25, 0.3) is 0 Å². The first-order valence-corrected chi connectivity index (χ1v) is 7.59. The predicted molar refractivity (Wildman–Crippen MR) is 65.1 cm³/mol. The maximum Gasteiger partial charge on any atom is 0.308 e. The summed E-state index contributed by atoms with van der Waals surface area (Å²) in [4.78, 5) is 10.9. The van der Waals surface area contributed by atoms with Gasteiger partial charge in [0.05, 0.1) is 11.7 Å². The molecule has 0 aromatic carbocycles. The predicted octanol–water partition coefficient (Wildman–Crippen LogP) is 1.01. The first-order chi connectivity index (χ1) is 7.77. The lowest BCUT2D eigenvalue weighted by atomic mass is 9.99. The summed E-state index contributed by atoms with van der Waals surface area (Å²) in [5.41, 5.74) is 0. The van der Waals surface area contributed by atoms with E-state index in [1.807, 2.05) is 13.8 Å². The fourth-order valence-corrected chi connectivity index (χ4v) is 4.07. The van der Waals surface area contributed by atoms with Crippen molar-refractivity contribution in [2.45, 2.75) is 27.2 Å². The van der Waals surface area contributed by atoms with Crippen molar-refractivity contribution in [3.8, 4) is 0 Å². The van der Waals surface area contributed by atoms with E-state index in [-0.39, 0.29) is 24.1 Å². The van der Waals surface area contributed by atoms with Gasteiger partial charge in [-0.05, 0) is 11.8 Å². The third-order valence-electron chi connectivity index (χ3n) is 3.48. The lowest BCUT2D eigenvalue weighted by Gasteiger charge is -2.18. The van der Waals surface area contributed by atoms with E-state index in [1.165, 1.54) is 4.31 Å². The summed E-state index contributed by atoms with van der Waals surface area (Å²) < 4.78 is 25.4. The van der Waals surface area contributed by atoms with E-state index in [2.05, 4.69) is 0 Å². The van der Waals surface area contributed by atoms with Gasteiger partial charge in [-0.2, -0.15) is 0 Å². The van der Waals surface area contributed by atoms with Gasteiger partial charge in [-0.15, -0.1) is 0 Å². The maximum atomic E-state index is 12.0. The van der Waals surface area contributed by atoms with Gasteiger partial charge in [0.2, 0.25) is 10.0 Å². The zero-order chi connectivity index (χ0) is 13.2. The average Bonchev–Trinajstić information content (AvgIpc) is 2.60. The monoisotopic (exact) mass is 263 g/mol. The van der Waals surface area contributed by atoms with Crippen LogP contribution in [0.4, 0.5) is 0 Å². The molecule has 0 amide bonds. The van der Waals surface area contributed by atoms with Crippen molar-refractivity contribution in [1.29, 1.82) is 0 Å². The Morgan fingerprint density at radius 1 is 1.47 bits per heavy atom. The van der Waals surface area contributed by atoms with E-state index < -0.39 is 21.9 Å². The van der Waals surface area contributed by atoms with Gasteiger partial charge in [0.15, 0.2) is 0 Å². The van der Waals surface area contributed by atoms with Crippen molar-refractivity contribution in [1.82, 2.24) is 4.31 Å². The molecule has 1 saturated heterocycles. The lowest BCUT2D eigenvalue weighted by molar-refractivity contribution is -0.142.